The summed E-state index contributed by atoms with van der Waals surface area (Å²) >= 11 is 0. The Morgan fingerprint density at radius 2 is 1.53 bits per heavy atom. The number of amides is 1. The molecule has 3 N–H and O–H groups in total. The number of carbonyl (C=O) groups excluding carboxylic acids is 1. The van der Waals surface area contributed by atoms with E-state index in [-0.39, 0.29) is 10.8 Å². The molecule has 9 heteroatoms. The minimum Gasteiger partial charge on any atom is -0.340 e. The number of sulfonamides is 1. The molecular formula is C25H23N5O3S. The third-order valence-corrected chi connectivity index (χ3v) is 6.28. The molecule has 34 heavy (non-hydrogen) atoms. The van der Waals surface area contributed by atoms with E-state index in [1.807, 2.05) is 25.1 Å². The van der Waals surface area contributed by atoms with Gasteiger partial charge in [0.05, 0.1) is 10.6 Å². The van der Waals surface area contributed by atoms with Crippen LogP contribution in [0.25, 0.3) is 11.3 Å². The van der Waals surface area contributed by atoms with Gasteiger partial charge in [0.1, 0.15) is 12.1 Å². The Morgan fingerprint density at radius 3 is 2.24 bits per heavy atom. The molecule has 0 spiro atoms. The molecule has 0 aliphatic heterocycles. The Labute approximate surface area is 198 Å². The lowest BCUT2D eigenvalue weighted by atomic mass is 10.1. The van der Waals surface area contributed by atoms with E-state index in [9.17, 15) is 13.2 Å². The first-order valence-corrected chi connectivity index (χ1v) is 11.9. The highest BCUT2D eigenvalue weighted by molar-refractivity contribution is 7.92. The summed E-state index contributed by atoms with van der Waals surface area (Å²) in [4.78, 5) is 20.1. The van der Waals surface area contributed by atoms with Gasteiger partial charge in [0, 0.05) is 35.6 Å². The van der Waals surface area contributed by atoms with Crippen molar-refractivity contribution in [2.45, 2.75) is 18.7 Å². The topological polar surface area (TPSA) is 113 Å². The molecule has 8 nitrogen and oxygen atoms in total. The van der Waals surface area contributed by atoms with Gasteiger partial charge < -0.3 is 10.6 Å². The number of aromatic nitrogens is 2. The van der Waals surface area contributed by atoms with Crippen LogP contribution in [0.3, 0.4) is 0 Å². The van der Waals surface area contributed by atoms with Crippen LogP contribution in [0.2, 0.25) is 0 Å². The van der Waals surface area contributed by atoms with Crippen LogP contribution in [0.1, 0.15) is 12.5 Å². The van der Waals surface area contributed by atoms with Crippen molar-refractivity contribution in [1.82, 2.24) is 9.97 Å². The van der Waals surface area contributed by atoms with Crippen LogP contribution in [0, 0.1) is 6.92 Å². The molecule has 0 fully saturated rings. The fraction of sp³-hybridized carbons (Fsp3) is 0.0800. The van der Waals surface area contributed by atoms with Gasteiger partial charge in [0.15, 0.2) is 0 Å². The second-order valence-corrected chi connectivity index (χ2v) is 9.35. The van der Waals surface area contributed by atoms with Gasteiger partial charge >= 0.3 is 0 Å². The van der Waals surface area contributed by atoms with Gasteiger partial charge in [-0.2, -0.15) is 0 Å². The van der Waals surface area contributed by atoms with Gasteiger partial charge in [-0.1, -0.05) is 29.8 Å². The van der Waals surface area contributed by atoms with Crippen molar-refractivity contribution in [1.29, 1.82) is 0 Å². The van der Waals surface area contributed by atoms with Gasteiger partial charge in [0.25, 0.3) is 10.0 Å². The summed E-state index contributed by atoms with van der Waals surface area (Å²) in [6.45, 7) is 3.36. The third kappa shape index (κ3) is 5.76. The Bertz CT molecular complexity index is 1420. The van der Waals surface area contributed by atoms with Crippen LogP contribution in [-0.2, 0) is 14.8 Å². The van der Waals surface area contributed by atoms with Gasteiger partial charge in [0.2, 0.25) is 5.91 Å². The van der Waals surface area contributed by atoms with E-state index in [4.69, 9.17) is 0 Å². The van der Waals surface area contributed by atoms with Gasteiger partial charge in [-0.15, -0.1) is 0 Å². The monoisotopic (exact) mass is 473 g/mol. The highest BCUT2D eigenvalue weighted by atomic mass is 32.2. The number of rotatable bonds is 7. The van der Waals surface area contributed by atoms with Crippen molar-refractivity contribution in [3.05, 3.63) is 90.8 Å². The zero-order valence-electron chi connectivity index (χ0n) is 18.6. The minimum absolute atomic E-state index is 0.146. The Balaban J connectivity index is 1.47. The molecule has 1 heterocycles. The summed E-state index contributed by atoms with van der Waals surface area (Å²) in [5.41, 5.74) is 4.37. The lowest BCUT2D eigenvalue weighted by Crippen LogP contribution is -2.12. The molecule has 0 saturated carbocycles. The quantitative estimate of drug-likeness (QED) is 0.350. The SMILES string of the molecule is CC(=O)Nc1cccc(-c2cc(Nc3ccc(NS(=O)(=O)c4ccc(C)cc4)cc3)ncn2)c1. The number of hydrogen-bond donors (Lipinski definition) is 3. The standard InChI is InChI=1S/C25H23N5O3S/c1-17-6-12-23(13-7-17)34(32,33)30-21-10-8-20(9-11-21)29-25-15-24(26-16-27-25)19-4-3-5-22(14-19)28-18(2)31/h3-16,30H,1-2H3,(H,28,31)(H,26,27,29). The normalized spacial score (nSPS) is 11.0. The number of carbonyl (C=O) groups is 1. The Hall–Kier alpha value is -4.24. The van der Waals surface area contributed by atoms with Crippen molar-refractivity contribution < 1.29 is 13.2 Å². The fourth-order valence-corrected chi connectivity index (χ4v) is 4.30. The first-order chi connectivity index (χ1) is 16.3. The summed E-state index contributed by atoms with van der Waals surface area (Å²) in [5, 5.41) is 5.95. The van der Waals surface area contributed by atoms with Crippen molar-refractivity contribution in [3.8, 4) is 11.3 Å². The van der Waals surface area contributed by atoms with Crippen molar-refractivity contribution in [2.24, 2.45) is 0 Å². The molecular weight excluding hydrogens is 450 g/mol. The molecule has 0 aliphatic carbocycles. The number of nitrogens with zero attached hydrogens (tertiary/aromatic N) is 2. The van der Waals surface area contributed by atoms with E-state index in [2.05, 4.69) is 25.3 Å². The maximum atomic E-state index is 12.6. The average molecular weight is 474 g/mol. The van der Waals surface area contributed by atoms with Crippen LogP contribution in [0.4, 0.5) is 22.9 Å². The highest BCUT2D eigenvalue weighted by Crippen LogP contribution is 2.25. The lowest BCUT2D eigenvalue weighted by Gasteiger charge is -2.11. The molecule has 1 amide bonds. The summed E-state index contributed by atoms with van der Waals surface area (Å²) in [7, 11) is -3.67. The van der Waals surface area contributed by atoms with Gasteiger partial charge in [-0.05, 0) is 55.5 Å². The van der Waals surface area contributed by atoms with Crippen LogP contribution in [0.5, 0.6) is 0 Å². The predicted octanol–water partition coefficient (Wildman–Crippen LogP) is 4.95. The number of nitrogens with one attached hydrogen (secondary N) is 3. The highest BCUT2D eigenvalue weighted by Gasteiger charge is 2.13. The molecule has 0 atom stereocenters. The maximum absolute atomic E-state index is 12.6. The van der Waals surface area contributed by atoms with E-state index in [1.165, 1.54) is 13.3 Å². The van der Waals surface area contributed by atoms with Crippen LogP contribution >= 0.6 is 0 Å². The van der Waals surface area contributed by atoms with E-state index in [0.717, 1.165) is 16.8 Å². The zero-order chi connectivity index (χ0) is 24.1. The largest absolute Gasteiger partial charge is 0.340 e. The molecule has 172 valence electrons. The summed E-state index contributed by atoms with van der Waals surface area (Å²) in [6.07, 6.45) is 1.45. The lowest BCUT2D eigenvalue weighted by molar-refractivity contribution is -0.114. The van der Waals surface area contributed by atoms with Gasteiger partial charge in [-0.25, -0.2) is 18.4 Å². The Kier molecular flexibility index (Phi) is 6.55. The number of anilines is 4. The first kappa shape index (κ1) is 22.9. The van der Waals surface area contributed by atoms with E-state index >= 15 is 0 Å². The average Bonchev–Trinajstić information content (AvgIpc) is 2.80. The van der Waals surface area contributed by atoms with Crippen LogP contribution < -0.4 is 15.4 Å². The number of benzene rings is 3. The summed E-state index contributed by atoms with van der Waals surface area (Å²) in [6, 6.07) is 22.7. The molecule has 0 aliphatic rings. The number of aryl methyl sites for hydroxylation is 1. The minimum atomic E-state index is -3.67. The second-order valence-electron chi connectivity index (χ2n) is 7.67. The zero-order valence-corrected chi connectivity index (χ0v) is 19.4. The fourth-order valence-electron chi connectivity index (χ4n) is 3.24. The predicted molar refractivity (Wildman–Crippen MR) is 133 cm³/mol. The molecule has 4 rings (SSSR count). The smallest absolute Gasteiger partial charge is 0.261 e. The van der Waals surface area contributed by atoms with E-state index in [0.29, 0.717) is 22.9 Å². The van der Waals surface area contributed by atoms with Gasteiger partial charge in [-0.3, -0.25) is 9.52 Å². The summed E-state index contributed by atoms with van der Waals surface area (Å²) in [5.74, 6) is 0.426. The van der Waals surface area contributed by atoms with Crippen molar-refractivity contribution in [3.63, 3.8) is 0 Å². The molecule has 0 saturated heterocycles. The molecule has 0 radical (unpaired) electrons. The van der Waals surface area contributed by atoms with Crippen molar-refractivity contribution >= 4 is 38.8 Å². The van der Waals surface area contributed by atoms with Crippen LogP contribution in [-0.4, -0.2) is 24.3 Å². The maximum Gasteiger partial charge on any atom is 0.261 e. The first-order valence-electron chi connectivity index (χ1n) is 10.5. The molecule has 1 aromatic heterocycles. The second kappa shape index (κ2) is 9.72. The molecule has 0 bridgehead atoms. The number of hydrogen-bond acceptors (Lipinski definition) is 6. The Morgan fingerprint density at radius 1 is 0.824 bits per heavy atom. The molecule has 0 unspecified atom stereocenters. The molecule has 3 aromatic carbocycles. The summed E-state index contributed by atoms with van der Waals surface area (Å²) < 4.78 is 27.7. The van der Waals surface area contributed by atoms with Crippen molar-refractivity contribution in [2.75, 3.05) is 15.4 Å². The van der Waals surface area contributed by atoms with Crippen LogP contribution in [0.15, 0.2) is 90.1 Å². The van der Waals surface area contributed by atoms with E-state index in [1.54, 1.807) is 60.7 Å². The molecule has 4 aromatic rings. The van der Waals surface area contributed by atoms with E-state index < -0.39 is 10.0 Å². The third-order valence-electron chi connectivity index (χ3n) is 4.89.